The van der Waals surface area contributed by atoms with Gasteiger partial charge in [0.25, 0.3) is 0 Å². The van der Waals surface area contributed by atoms with Gasteiger partial charge in [-0.05, 0) is 6.07 Å². The molecule has 16 heavy (non-hydrogen) atoms. The number of nitrogens with one attached hydrogen (secondary N) is 1. The van der Waals surface area contributed by atoms with Crippen LogP contribution in [0.1, 0.15) is 5.82 Å². The molecule has 2 heterocycles. The summed E-state index contributed by atoms with van der Waals surface area (Å²) in [7, 11) is 0. The van der Waals surface area contributed by atoms with Crippen molar-refractivity contribution in [3.8, 4) is 11.5 Å². The molecule has 6 nitrogen and oxygen atoms in total. The molecule has 2 aromatic heterocycles. The smallest absolute Gasteiger partial charge is 0.296 e. The number of hydrogen-bond donors (Lipinski definition) is 1. The molecule has 0 aliphatic rings. The number of rotatable bonds is 1. The topological polar surface area (TPSA) is 84.7 Å². The first-order valence-corrected chi connectivity index (χ1v) is 3.93. The minimum absolute atomic E-state index is 0.173. The second-order valence-electron chi connectivity index (χ2n) is 2.71. The van der Waals surface area contributed by atoms with Crippen LogP contribution in [0.25, 0.3) is 11.5 Å². The predicted octanol–water partition coefficient (Wildman–Crippen LogP) is 0.839. The Hall–Kier alpha value is -2.19. The fraction of sp³-hybridized carbons (Fsp3) is 0.143. The average Bonchev–Trinajstić information content (AvgIpc) is 2.64. The first-order chi connectivity index (χ1) is 7.47. The lowest BCUT2D eigenvalue weighted by atomic mass is 10.4. The summed E-state index contributed by atoms with van der Waals surface area (Å²) in [5.41, 5.74) is -0.173. The molecule has 0 aromatic carbocycles. The number of nitrogens with zero attached hydrogens (tertiary/aromatic N) is 3. The lowest BCUT2D eigenvalue weighted by Gasteiger charge is -2.04. The van der Waals surface area contributed by atoms with Crippen LogP contribution in [-0.4, -0.2) is 20.1 Å². The molecular formula is C7H3F3N4O2. The Balaban J connectivity index is 2.48. The number of halogens is 3. The van der Waals surface area contributed by atoms with Gasteiger partial charge in [0.1, 0.15) is 5.69 Å². The van der Waals surface area contributed by atoms with E-state index in [9.17, 15) is 18.0 Å². The fourth-order valence-electron chi connectivity index (χ4n) is 0.967. The second kappa shape index (κ2) is 3.43. The molecule has 0 radical (unpaired) electrons. The molecule has 0 unspecified atom stereocenters. The van der Waals surface area contributed by atoms with Crippen LogP contribution >= 0.6 is 0 Å². The van der Waals surface area contributed by atoms with Gasteiger partial charge >= 0.3 is 11.9 Å². The van der Waals surface area contributed by atoms with Crippen LogP contribution in [0.2, 0.25) is 0 Å². The summed E-state index contributed by atoms with van der Waals surface area (Å²) in [6, 6.07) is 1.17. The molecule has 0 bridgehead atoms. The van der Waals surface area contributed by atoms with Crippen molar-refractivity contribution < 1.29 is 17.7 Å². The highest BCUT2D eigenvalue weighted by Crippen LogP contribution is 2.26. The minimum atomic E-state index is -4.65. The van der Waals surface area contributed by atoms with Crippen LogP contribution in [0, 0.1) is 0 Å². The summed E-state index contributed by atoms with van der Waals surface area (Å²) >= 11 is 0. The molecule has 0 fully saturated rings. The van der Waals surface area contributed by atoms with E-state index in [-0.39, 0.29) is 11.5 Å². The quantitative estimate of drug-likeness (QED) is 0.787. The van der Waals surface area contributed by atoms with E-state index in [4.69, 9.17) is 0 Å². The van der Waals surface area contributed by atoms with E-state index in [1.165, 1.54) is 6.07 Å². The van der Waals surface area contributed by atoms with Crippen molar-refractivity contribution in [2.24, 2.45) is 0 Å². The molecule has 2 rings (SSSR count). The molecule has 0 aliphatic heterocycles. The molecule has 84 valence electrons. The molecule has 0 aliphatic carbocycles. The van der Waals surface area contributed by atoms with Gasteiger partial charge in [-0.15, -0.1) is 0 Å². The Morgan fingerprint density at radius 3 is 2.69 bits per heavy atom. The van der Waals surface area contributed by atoms with Crippen LogP contribution < -0.4 is 5.76 Å². The molecule has 1 N–H and O–H groups in total. The van der Waals surface area contributed by atoms with Crippen molar-refractivity contribution in [1.29, 1.82) is 0 Å². The van der Waals surface area contributed by atoms with Gasteiger partial charge in [0.15, 0.2) is 0 Å². The molecule has 0 atom stereocenters. The van der Waals surface area contributed by atoms with Gasteiger partial charge in [-0.3, -0.25) is 9.51 Å². The lowest BCUT2D eigenvalue weighted by molar-refractivity contribution is -0.144. The van der Waals surface area contributed by atoms with E-state index < -0.39 is 17.8 Å². The number of aromatic nitrogens is 4. The van der Waals surface area contributed by atoms with Crippen molar-refractivity contribution in [1.82, 2.24) is 20.1 Å². The van der Waals surface area contributed by atoms with Crippen molar-refractivity contribution in [2.45, 2.75) is 6.18 Å². The summed E-state index contributed by atoms with van der Waals surface area (Å²) in [5.74, 6) is -2.37. The number of H-pyrrole nitrogens is 1. The van der Waals surface area contributed by atoms with E-state index in [0.717, 1.165) is 6.20 Å². The summed E-state index contributed by atoms with van der Waals surface area (Å²) in [6.07, 6.45) is -3.74. The third-order valence-electron chi connectivity index (χ3n) is 1.59. The van der Waals surface area contributed by atoms with E-state index in [1.54, 1.807) is 0 Å². The van der Waals surface area contributed by atoms with Crippen molar-refractivity contribution in [2.75, 3.05) is 0 Å². The Morgan fingerprint density at radius 1 is 1.38 bits per heavy atom. The predicted molar refractivity (Wildman–Crippen MR) is 43.2 cm³/mol. The monoisotopic (exact) mass is 232 g/mol. The van der Waals surface area contributed by atoms with Crippen LogP contribution in [0.3, 0.4) is 0 Å². The maximum Gasteiger partial charge on any atom is 0.451 e. The van der Waals surface area contributed by atoms with Crippen LogP contribution in [0.5, 0.6) is 0 Å². The Morgan fingerprint density at radius 2 is 2.12 bits per heavy atom. The molecule has 0 saturated heterocycles. The van der Waals surface area contributed by atoms with Crippen molar-refractivity contribution in [3.63, 3.8) is 0 Å². The molecule has 0 saturated carbocycles. The maximum atomic E-state index is 12.2. The SMILES string of the molecule is O=c1[nH]c(-c2ccnc(C(F)(F)F)n2)no1. The normalized spacial score (nSPS) is 11.7. The highest BCUT2D eigenvalue weighted by Gasteiger charge is 2.34. The average molecular weight is 232 g/mol. The van der Waals surface area contributed by atoms with Crippen LogP contribution in [0.4, 0.5) is 13.2 Å². The van der Waals surface area contributed by atoms with Crippen LogP contribution in [0.15, 0.2) is 21.6 Å². The number of alkyl halides is 3. The zero-order valence-corrected chi connectivity index (χ0v) is 7.45. The highest BCUT2D eigenvalue weighted by atomic mass is 19.4. The first kappa shape index (κ1) is 10.3. The highest BCUT2D eigenvalue weighted by molar-refractivity contribution is 5.46. The van der Waals surface area contributed by atoms with E-state index >= 15 is 0 Å². The zero-order valence-electron chi connectivity index (χ0n) is 7.45. The Labute approximate surface area is 85.1 Å². The van der Waals surface area contributed by atoms with Gasteiger partial charge in [-0.25, -0.2) is 14.8 Å². The summed E-state index contributed by atoms with van der Waals surface area (Å²) in [6.45, 7) is 0. The minimum Gasteiger partial charge on any atom is -0.296 e. The summed E-state index contributed by atoms with van der Waals surface area (Å²) < 4.78 is 40.9. The van der Waals surface area contributed by atoms with Gasteiger partial charge in [-0.2, -0.15) is 13.2 Å². The molecule has 2 aromatic rings. The van der Waals surface area contributed by atoms with E-state index in [2.05, 4.69) is 24.6 Å². The fourth-order valence-corrected chi connectivity index (χ4v) is 0.967. The molecular weight excluding hydrogens is 229 g/mol. The largest absolute Gasteiger partial charge is 0.451 e. The van der Waals surface area contributed by atoms with Gasteiger partial charge in [-0.1, -0.05) is 5.16 Å². The Kier molecular flexibility index (Phi) is 2.22. The number of aromatic amines is 1. The van der Waals surface area contributed by atoms with Crippen LogP contribution in [-0.2, 0) is 6.18 Å². The summed E-state index contributed by atoms with van der Waals surface area (Å²) in [4.78, 5) is 18.9. The van der Waals surface area contributed by atoms with Crippen molar-refractivity contribution in [3.05, 3.63) is 28.6 Å². The van der Waals surface area contributed by atoms with Gasteiger partial charge in [0.05, 0.1) is 0 Å². The maximum absolute atomic E-state index is 12.2. The Bertz CT molecular complexity index is 559. The first-order valence-electron chi connectivity index (χ1n) is 3.93. The van der Waals surface area contributed by atoms with E-state index in [1.807, 2.05) is 0 Å². The van der Waals surface area contributed by atoms with Gasteiger partial charge in [0, 0.05) is 6.20 Å². The van der Waals surface area contributed by atoms with E-state index in [0.29, 0.717) is 0 Å². The van der Waals surface area contributed by atoms with Gasteiger partial charge in [0.2, 0.25) is 11.6 Å². The standard InChI is InChI=1S/C7H3F3N4O2/c8-7(9,10)5-11-2-1-3(12-5)4-13-6(15)16-14-4/h1-2H,(H,13,14,15). The second-order valence-corrected chi connectivity index (χ2v) is 2.71. The lowest BCUT2D eigenvalue weighted by Crippen LogP contribution is -2.11. The zero-order chi connectivity index (χ0) is 11.8. The summed E-state index contributed by atoms with van der Waals surface area (Å²) in [5, 5.41) is 3.21. The third-order valence-corrected chi connectivity index (χ3v) is 1.59. The van der Waals surface area contributed by atoms with Crippen molar-refractivity contribution >= 4 is 0 Å². The third kappa shape index (κ3) is 1.92. The van der Waals surface area contributed by atoms with Gasteiger partial charge < -0.3 is 0 Å². The molecule has 9 heteroatoms. The molecule has 0 amide bonds. The number of hydrogen-bond acceptors (Lipinski definition) is 5. The molecule has 0 spiro atoms.